The number of hydrogen-bond acceptors (Lipinski definition) is 4. The molecule has 0 aromatic heterocycles. The molecule has 0 spiro atoms. The molecule has 0 saturated carbocycles. The number of nitrogen functional groups attached to an aromatic ring is 1. The first-order valence-electron chi connectivity index (χ1n) is 6.48. The minimum Gasteiger partial charge on any atom is -0.397 e. The summed E-state index contributed by atoms with van der Waals surface area (Å²) in [4.78, 5) is 11.4. The number of fused-ring (bicyclic) bond motifs is 1. The largest absolute Gasteiger partial charge is 0.397 e. The van der Waals surface area contributed by atoms with E-state index in [-0.39, 0.29) is 17.9 Å². The van der Waals surface area contributed by atoms with Crippen LogP contribution < -0.4 is 16.4 Å². The van der Waals surface area contributed by atoms with E-state index in [1.807, 2.05) is 26.0 Å². The molecule has 1 aromatic carbocycles. The number of aliphatic hydroxyl groups is 1. The third kappa shape index (κ3) is 3.17. The molecule has 1 heterocycles. The smallest absolute Gasteiger partial charge is 0.224 e. The molecular weight excluding hydrogens is 242 g/mol. The van der Waals surface area contributed by atoms with Crippen molar-refractivity contribution in [3.63, 3.8) is 0 Å². The lowest BCUT2D eigenvalue weighted by atomic mass is 9.94. The lowest BCUT2D eigenvalue weighted by Gasteiger charge is -2.25. The van der Waals surface area contributed by atoms with Crippen LogP contribution in [0.1, 0.15) is 25.8 Å². The van der Waals surface area contributed by atoms with Crippen LogP contribution in [0.15, 0.2) is 12.1 Å². The van der Waals surface area contributed by atoms with Gasteiger partial charge in [-0.3, -0.25) is 4.79 Å². The van der Waals surface area contributed by atoms with Crippen molar-refractivity contribution in [1.29, 1.82) is 0 Å². The number of carbonyl (C=O) groups is 1. The Balaban J connectivity index is 2.18. The topological polar surface area (TPSA) is 87.4 Å². The molecule has 0 fully saturated rings. The minimum absolute atomic E-state index is 0.0407. The standard InChI is InChI=1S/C14H21N3O2/c1-14(2,8-18)7-16-12-6-11-9(5-10(12)15)3-4-13(19)17-11/h5-6,16,18H,3-4,7-8,15H2,1-2H3,(H,17,19). The maximum Gasteiger partial charge on any atom is 0.224 e. The highest BCUT2D eigenvalue weighted by molar-refractivity contribution is 5.95. The molecule has 0 unspecified atom stereocenters. The molecule has 5 N–H and O–H groups in total. The van der Waals surface area contributed by atoms with Crippen LogP contribution >= 0.6 is 0 Å². The van der Waals surface area contributed by atoms with E-state index in [2.05, 4.69) is 10.6 Å². The average molecular weight is 263 g/mol. The van der Waals surface area contributed by atoms with Gasteiger partial charge in [0.25, 0.3) is 0 Å². The van der Waals surface area contributed by atoms with Gasteiger partial charge in [0.2, 0.25) is 5.91 Å². The number of anilines is 3. The second-order valence-electron chi connectivity index (χ2n) is 5.82. The van der Waals surface area contributed by atoms with Crippen molar-refractivity contribution >= 4 is 23.0 Å². The lowest BCUT2D eigenvalue weighted by Crippen LogP contribution is -2.27. The summed E-state index contributed by atoms with van der Waals surface area (Å²) < 4.78 is 0. The van der Waals surface area contributed by atoms with Crippen LogP contribution in [0.2, 0.25) is 0 Å². The molecule has 1 amide bonds. The number of aryl methyl sites for hydroxylation is 1. The predicted octanol–water partition coefficient (Wildman–Crippen LogP) is 1.58. The molecular formula is C14H21N3O2. The monoisotopic (exact) mass is 263 g/mol. The van der Waals surface area contributed by atoms with E-state index in [0.29, 0.717) is 18.7 Å². The molecule has 0 aliphatic carbocycles. The van der Waals surface area contributed by atoms with E-state index in [1.54, 1.807) is 0 Å². The minimum atomic E-state index is -0.217. The lowest BCUT2D eigenvalue weighted by molar-refractivity contribution is -0.116. The number of benzene rings is 1. The third-order valence-electron chi connectivity index (χ3n) is 3.36. The Kier molecular flexibility index (Phi) is 3.66. The third-order valence-corrected chi connectivity index (χ3v) is 3.36. The highest BCUT2D eigenvalue weighted by atomic mass is 16.3. The fourth-order valence-electron chi connectivity index (χ4n) is 1.99. The van der Waals surface area contributed by atoms with Gasteiger partial charge in [-0.25, -0.2) is 0 Å². The van der Waals surface area contributed by atoms with E-state index in [9.17, 15) is 9.90 Å². The molecule has 1 aliphatic heterocycles. The van der Waals surface area contributed by atoms with Crippen LogP contribution in [0.25, 0.3) is 0 Å². The van der Waals surface area contributed by atoms with Gasteiger partial charge < -0.3 is 21.5 Å². The summed E-state index contributed by atoms with van der Waals surface area (Å²) in [6, 6.07) is 3.78. The first-order valence-corrected chi connectivity index (χ1v) is 6.48. The SMILES string of the molecule is CC(C)(CO)CNc1cc2c(cc1N)CCC(=O)N2. The van der Waals surface area contributed by atoms with Crippen molar-refractivity contribution in [1.82, 2.24) is 0 Å². The van der Waals surface area contributed by atoms with E-state index >= 15 is 0 Å². The van der Waals surface area contributed by atoms with Crippen molar-refractivity contribution in [2.45, 2.75) is 26.7 Å². The molecule has 5 nitrogen and oxygen atoms in total. The van der Waals surface area contributed by atoms with Crippen LogP contribution in [0.5, 0.6) is 0 Å². The number of aliphatic hydroxyl groups excluding tert-OH is 1. The first-order chi connectivity index (χ1) is 8.91. The summed E-state index contributed by atoms with van der Waals surface area (Å²) >= 11 is 0. The molecule has 2 rings (SSSR count). The van der Waals surface area contributed by atoms with Gasteiger partial charge in [-0.15, -0.1) is 0 Å². The second-order valence-corrected chi connectivity index (χ2v) is 5.82. The zero-order valence-corrected chi connectivity index (χ0v) is 11.4. The Morgan fingerprint density at radius 3 is 2.84 bits per heavy atom. The maximum atomic E-state index is 11.4. The van der Waals surface area contributed by atoms with E-state index in [1.165, 1.54) is 0 Å². The number of amides is 1. The Labute approximate surface area is 113 Å². The molecule has 19 heavy (non-hydrogen) atoms. The van der Waals surface area contributed by atoms with Crippen LogP contribution in [0, 0.1) is 5.41 Å². The summed E-state index contributed by atoms with van der Waals surface area (Å²) in [5.74, 6) is 0.0407. The van der Waals surface area contributed by atoms with Crippen LogP contribution in [-0.4, -0.2) is 24.2 Å². The normalized spacial score (nSPS) is 14.8. The van der Waals surface area contributed by atoms with Gasteiger partial charge in [-0.2, -0.15) is 0 Å². The predicted molar refractivity (Wildman–Crippen MR) is 77.2 cm³/mol. The van der Waals surface area contributed by atoms with Gasteiger partial charge in [-0.05, 0) is 24.1 Å². The highest BCUT2D eigenvalue weighted by Crippen LogP contribution is 2.31. The van der Waals surface area contributed by atoms with Crippen molar-refractivity contribution < 1.29 is 9.90 Å². The number of carbonyl (C=O) groups excluding carboxylic acids is 1. The molecule has 1 aliphatic rings. The average Bonchev–Trinajstić information content (AvgIpc) is 2.37. The van der Waals surface area contributed by atoms with Crippen molar-refractivity contribution in [2.75, 3.05) is 29.5 Å². The quantitative estimate of drug-likeness (QED) is 0.621. The van der Waals surface area contributed by atoms with E-state index in [0.717, 1.165) is 23.4 Å². The highest BCUT2D eigenvalue weighted by Gasteiger charge is 2.19. The molecule has 1 aromatic rings. The van der Waals surface area contributed by atoms with Gasteiger partial charge in [0.1, 0.15) is 0 Å². The Morgan fingerprint density at radius 2 is 2.16 bits per heavy atom. The molecule has 0 bridgehead atoms. The van der Waals surface area contributed by atoms with Gasteiger partial charge in [0.15, 0.2) is 0 Å². The number of rotatable bonds is 4. The Bertz CT molecular complexity index is 498. The van der Waals surface area contributed by atoms with Crippen LogP contribution in [0.3, 0.4) is 0 Å². The summed E-state index contributed by atoms with van der Waals surface area (Å²) in [5, 5.41) is 15.3. The van der Waals surface area contributed by atoms with Crippen molar-refractivity contribution in [3.8, 4) is 0 Å². The molecule has 0 saturated heterocycles. The van der Waals surface area contributed by atoms with Gasteiger partial charge in [-0.1, -0.05) is 13.8 Å². The van der Waals surface area contributed by atoms with Crippen LogP contribution in [-0.2, 0) is 11.2 Å². The summed E-state index contributed by atoms with van der Waals surface area (Å²) in [6.45, 7) is 4.65. The Morgan fingerprint density at radius 1 is 1.42 bits per heavy atom. The second kappa shape index (κ2) is 5.09. The van der Waals surface area contributed by atoms with Gasteiger partial charge in [0.05, 0.1) is 11.4 Å². The molecule has 0 atom stereocenters. The van der Waals surface area contributed by atoms with Crippen molar-refractivity contribution in [2.24, 2.45) is 5.41 Å². The zero-order valence-electron chi connectivity index (χ0n) is 11.4. The van der Waals surface area contributed by atoms with Crippen LogP contribution in [0.4, 0.5) is 17.1 Å². The van der Waals surface area contributed by atoms with Gasteiger partial charge in [0, 0.05) is 30.7 Å². The van der Waals surface area contributed by atoms with E-state index < -0.39 is 0 Å². The summed E-state index contributed by atoms with van der Waals surface area (Å²) in [6.07, 6.45) is 1.24. The number of hydrogen-bond donors (Lipinski definition) is 4. The molecule has 104 valence electrons. The fraction of sp³-hybridized carbons (Fsp3) is 0.500. The number of nitrogens with one attached hydrogen (secondary N) is 2. The zero-order chi connectivity index (χ0) is 14.0. The summed E-state index contributed by atoms with van der Waals surface area (Å²) in [5.41, 5.74) is 9.16. The Hall–Kier alpha value is -1.75. The van der Waals surface area contributed by atoms with E-state index in [4.69, 9.17) is 5.73 Å². The summed E-state index contributed by atoms with van der Waals surface area (Å²) in [7, 11) is 0. The van der Waals surface area contributed by atoms with Gasteiger partial charge >= 0.3 is 0 Å². The number of nitrogens with two attached hydrogens (primary N) is 1. The first kappa shape index (κ1) is 13.7. The molecule has 0 radical (unpaired) electrons. The molecule has 5 heteroatoms. The maximum absolute atomic E-state index is 11.4. The fourth-order valence-corrected chi connectivity index (χ4v) is 1.99. The van der Waals surface area contributed by atoms with Crippen molar-refractivity contribution in [3.05, 3.63) is 17.7 Å².